The number of ether oxygens (including phenoxy) is 1. The van der Waals surface area contributed by atoms with Crippen molar-refractivity contribution in [2.24, 2.45) is 0 Å². The molecule has 1 aromatic heterocycles. The highest BCUT2D eigenvalue weighted by Gasteiger charge is 2.27. The van der Waals surface area contributed by atoms with E-state index >= 15 is 0 Å². The Hall–Kier alpha value is -1.62. The van der Waals surface area contributed by atoms with Crippen molar-refractivity contribution in [2.75, 3.05) is 13.1 Å². The van der Waals surface area contributed by atoms with Crippen molar-refractivity contribution in [2.45, 2.75) is 58.2 Å². The molecule has 0 saturated carbocycles. The van der Waals surface area contributed by atoms with Gasteiger partial charge in [0.2, 0.25) is 0 Å². The molecule has 1 fully saturated rings. The van der Waals surface area contributed by atoms with E-state index in [9.17, 15) is 4.79 Å². The van der Waals surface area contributed by atoms with Crippen molar-refractivity contribution in [1.82, 2.24) is 15.2 Å². The second-order valence-electron chi connectivity index (χ2n) is 6.91. The summed E-state index contributed by atoms with van der Waals surface area (Å²) in [6.45, 7) is 9.66. The first-order valence-corrected chi connectivity index (χ1v) is 7.99. The highest BCUT2D eigenvalue weighted by Crippen LogP contribution is 2.22. The lowest BCUT2D eigenvalue weighted by molar-refractivity contribution is 0.0457. The maximum Gasteiger partial charge on any atom is 0.407 e. The van der Waals surface area contributed by atoms with Crippen LogP contribution in [0.15, 0.2) is 24.4 Å². The summed E-state index contributed by atoms with van der Waals surface area (Å²) < 4.78 is 5.34. The molecule has 1 aliphatic heterocycles. The molecule has 1 saturated heterocycles. The molecular formula is C17H27N3O2. The van der Waals surface area contributed by atoms with E-state index < -0.39 is 5.60 Å². The Balaban J connectivity index is 1.90. The van der Waals surface area contributed by atoms with Crippen molar-refractivity contribution >= 4 is 6.09 Å². The van der Waals surface area contributed by atoms with Gasteiger partial charge in [-0.25, -0.2) is 4.79 Å². The molecule has 0 aliphatic carbocycles. The molecule has 122 valence electrons. The number of piperidine rings is 1. The zero-order valence-electron chi connectivity index (χ0n) is 14.0. The van der Waals surface area contributed by atoms with E-state index in [1.165, 1.54) is 0 Å². The summed E-state index contributed by atoms with van der Waals surface area (Å²) in [6.07, 6.45) is 3.55. The maximum atomic E-state index is 11.9. The normalized spacial score (nSPS) is 21.2. The van der Waals surface area contributed by atoms with Crippen LogP contribution in [-0.2, 0) is 4.74 Å². The van der Waals surface area contributed by atoms with Gasteiger partial charge in [0.05, 0.1) is 5.69 Å². The van der Waals surface area contributed by atoms with Gasteiger partial charge in [-0.3, -0.25) is 9.88 Å². The summed E-state index contributed by atoms with van der Waals surface area (Å²) >= 11 is 0. The third-order valence-electron chi connectivity index (χ3n) is 3.84. The Morgan fingerprint density at radius 1 is 1.45 bits per heavy atom. The minimum absolute atomic E-state index is 0.134. The monoisotopic (exact) mass is 305 g/mol. The van der Waals surface area contributed by atoms with E-state index in [0.717, 1.165) is 31.6 Å². The van der Waals surface area contributed by atoms with Gasteiger partial charge in [-0.15, -0.1) is 0 Å². The lowest BCUT2D eigenvalue weighted by Crippen LogP contribution is -2.49. The number of likely N-dealkylation sites (tertiary alicyclic amines) is 1. The lowest BCUT2D eigenvalue weighted by Gasteiger charge is -2.37. The van der Waals surface area contributed by atoms with Crippen LogP contribution in [0.3, 0.4) is 0 Å². The SMILES string of the molecule is C[C@H](c1ccccn1)N1CCC[C@@H](NC(=O)OC(C)(C)C)C1. The van der Waals surface area contributed by atoms with Crippen LogP contribution < -0.4 is 5.32 Å². The molecule has 1 N–H and O–H groups in total. The summed E-state index contributed by atoms with van der Waals surface area (Å²) in [4.78, 5) is 18.7. The molecule has 22 heavy (non-hydrogen) atoms. The van der Waals surface area contributed by atoms with Crippen molar-refractivity contribution in [3.8, 4) is 0 Å². The fourth-order valence-corrected chi connectivity index (χ4v) is 2.76. The standard InChI is InChI=1S/C17H27N3O2/c1-13(15-9-5-6-10-18-15)20-11-7-8-14(12-20)19-16(21)22-17(2,3)4/h5-6,9-10,13-14H,7-8,11-12H2,1-4H3,(H,19,21)/t13-,14-/m1/s1. The first-order chi connectivity index (χ1) is 10.3. The molecular weight excluding hydrogens is 278 g/mol. The van der Waals surface area contributed by atoms with Crippen LogP contribution in [0, 0.1) is 0 Å². The van der Waals surface area contributed by atoms with Crippen molar-refractivity contribution in [1.29, 1.82) is 0 Å². The summed E-state index contributed by atoms with van der Waals surface area (Å²) in [5, 5.41) is 2.99. The van der Waals surface area contributed by atoms with Gasteiger partial charge in [-0.05, 0) is 59.2 Å². The van der Waals surface area contributed by atoms with Crippen LogP contribution in [0.25, 0.3) is 0 Å². The summed E-state index contributed by atoms with van der Waals surface area (Å²) in [6, 6.07) is 6.38. The molecule has 0 spiro atoms. The highest BCUT2D eigenvalue weighted by molar-refractivity contribution is 5.68. The predicted octanol–water partition coefficient (Wildman–Crippen LogP) is 3.13. The molecule has 0 bridgehead atoms. The van der Waals surface area contributed by atoms with Crippen molar-refractivity contribution in [3.05, 3.63) is 30.1 Å². The Kier molecular flexibility index (Phi) is 5.40. The van der Waals surface area contributed by atoms with E-state index in [1.54, 1.807) is 0 Å². The van der Waals surface area contributed by atoms with Crippen molar-refractivity contribution in [3.63, 3.8) is 0 Å². The van der Waals surface area contributed by atoms with E-state index in [0.29, 0.717) is 0 Å². The number of carbonyl (C=O) groups is 1. The minimum atomic E-state index is -0.459. The number of nitrogens with one attached hydrogen (secondary N) is 1. The molecule has 1 aliphatic rings. The predicted molar refractivity (Wildman–Crippen MR) is 86.6 cm³/mol. The number of nitrogens with zero attached hydrogens (tertiary/aromatic N) is 2. The van der Waals surface area contributed by atoms with E-state index in [-0.39, 0.29) is 18.2 Å². The van der Waals surface area contributed by atoms with E-state index in [2.05, 4.69) is 28.2 Å². The van der Waals surface area contributed by atoms with Gasteiger partial charge in [0.15, 0.2) is 0 Å². The fraction of sp³-hybridized carbons (Fsp3) is 0.647. The fourth-order valence-electron chi connectivity index (χ4n) is 2.76. The van der Waals surface area contributed by atoms with Gasteiger partial charge < -0.3 is 10.1 Å². The molecule has 0 radical (unpaired) electrons. The Morgan fingerprint density at radius 3 is 2.86 bits per heavy atom. The molecule has 2 rings (SSSR count). The zero-order valence-corrected chi connectivity index (χ0v) is 14.0. The zero-order chi connectivity index (χ0) is 16.2. The molecule has 0 unspecified atom stereocenters. The first kappa shape index (κ1) is 16.7. The summed E-state index contributed by atoms with van der Waals surface area (Å²) in [7, 11) is 0. The van der Waals surface area contributed by atoms with Crippen molar-refractivity contribution < 1.29 is 9.53 Å². The Morgan fingerprint density at radius 2 is 2.23 bits per heavy atom. The minimum Gasteiger partial charge on any atom is -0.444 e. The van der Waals surface area contributed by atoms with E-state index in [1.807, 2.05) is 39.1 Å². The first-order valence-electron chi connectivity index (χ1n) is 7.99. The van der Waals surface area contributed by atoms with E-state index in [4.69, 9.17) is 4.74 Å². The van der Waals surface area contributed by atoms with Crippen LogP contribution >= 0.6 is 0 Å². The lowest BCUT2D eigenvalue weighted by atomic mass is 10.0. The van der Waals surface area contributed by atoms with Gasteiger partial charge >= 0.3 is 6.09 Å². The van der Waals surface area contributed by atoms with Gasteiger partial charge in [-0.2, -0.15) is 0 Å². The molecule has 1 amide bonds. The topological polar surface area (TPSA) is 54.5 Å². The molecule has 5 heteroatoms. The third-order valence-corrected chi connectivity index (χ3v) is 3.84. The number of alkyl carbamates (subject to hydrolysis) is 1. The second-order valence-corrected chi connectivity index (χ2v) is 6.91. The number of pyridine rings is 1. The molecule has 0 aromatic carbocycles. The average molecular weight is 305 g/mol. The van der Waals surface area contributed by atoms with Gasteiger partial charge in [0.25, 0.3) is 0 Å². The van der Waals surface area contributed by atoms with Crippen LogP contribution in [0.4, 0.5) is 4.79 Å². The molecule has 2 atom stereocenters. The quantitative estimate of drug-likeness (QED) is 0.932. The highest BCUT2D eigenvalue weighted by atomic mass is 16.6. The smallest absolute Gasteiger partial charge is 0.407 e. The number of amides is 1. The van der Waals surface area contributed by atoms with Crippen LogP contribution in [0.5, 0.6) is 0 Å². The van der Waals surface area contributed by atoms with Crippen LogP contribution in [-0.4, -0.2) is 40.7 Å². The number of carbonyl (C=O) groups excluding carboxylic acids is 1. The second kappa shape index (κ2) is 7.09. The van der Waals surface area contributed by atoms with Crippen LogP contribution in [0.1, 0.15) is 52.3 Å². The summed E-state index contributed by atoms with van der Waals surface area (Å²) in [5.74, 6) is 0. The number of rotatable bonds is 3. The molecule has 5 nitrogen and oxygen atoms in total. The number of hydrogen-bond acceptors (Lipinski definition) is 4. The number of aromatic nitrogens is 1. The molecule has 1 aromatic rings. The van der Waals surface area contributed by atoms with Gasteiger partial charge in [0, 0.05) is 24.8 Å². The molecule has 2 heterocycles. The average Bonchev–Trinajstić information content (AvgIpc) is 2.45. The number of hydrogen-bond donors (Lipinski definition) is 1. The third kappa shape index (κ3) is 4.98. The Labute approximate surface area is 133 Å². The Bertz CT molecular complexity index is 484. The van der Waals surface area contributed by atoms with Gasteiger partial charge in [0.1, 0.15) is 5.60 Å². The van der Waals surface area contributed by atoms with Crippen LogP contribution in [0.2, 0.25) is 0 Å². The maximum absolute atomic E-state index is 11.9. The van der Waals surface area contributed by atoms with Gasteiger partial charge in [-0.1, -0.05) is 6.07 Å². The summed E-state index contributed by atoms with van der Waals surface area (Å²) in [5.41, 5.74) is 0.611. The largest absolute Gasteiger partial charge is 0.444 e.